The third-order valence-corrected chi connectivity index (χ3v) is 6.82. The third kappa shape index (κ3) is 3.63. The number of nitrogens with two attached hydrogens (primary N) is 1. The first-order chi connectivity index (χ1) is 12.6. The van der Waals surface area contributed by atoms with Crippen LogP contribution in [0.5, 0.6) is 0 Å². The van der Waals surface area contributed by atoms with E-state index < -0.39 is 0 Å². The van der Waals surface area contributed by atoms with Crippen molar-refractivity contribution >= 4 is 18.3 Å². The van der Waals surface area contributed by atoms with Gasteiger partial charge in [-0.1, -0.05) is 18.6 Å². The first-order valence-electron chi connectivity index (χ1n) is 9.92. The van der Waals surface area contributed by atoms with Crippen LogP contribution in [0.2, 0.25) is 0 Å². The number of nitrogens with zero attached hydrogens (tertiary/aromatic N) is 1. The van der Waals surface area contributed by atoms with Crippen molar-refractivity contribution in [3.63, 3.8) is 0 Å². The normalized spacial score (nSPS) is 33.9. The summed E-state index contributed by atoms with van der Waals surface area (Å²) < 4.78 is 12.0. The first-order valence-corrected chi connectivity index (χ1v) is 9.92. The Labute approximate surface area is 168 Å². The Morgan fingerprint density at radius 1 is 1.22 bits per heavy atom. The van der Waals surface area contributed by atoms with E-state index in [-0.39, 0.29) is 23.9 Å². The summed E-state index contributed by atoms with van der Waals surface area (Å²) in [7, 11) is 1.83. The van der Waals surface area contributed by atoms with Gasteiger partial charge in [0.15, 0.2) is 0 Å². The molecular formula is C21H31ClN2O3. The lowest BCUT2D eigenvalue weighted by Gasteiger charge is -2.57. The van der Waals surface area contributed by atoms with Crippen molar-refractivity contribution in [1.29, 1.82) is 0 Å². The van der Waals surface area contributed by atoms with E-state index in [9.17, 15) is 4.79 Å². The van der Waals surface area contributed by atoms with E-state index in [1.54, 1.807) is 6.07 Å². The maximum Gasteiger partial charge on any atom is 0.248 e. The van der Waals surface area contributed by atoms with Gasteiger partial charge >= 0.3 is 0 Å². The zero-order valence-corrected chi connectivity index (χ0v) is 16.9. The van der Waals surface area contributed by atoms with Gasteiger partial charge in [0.2, 0.25) is 5.91 Å². The van der Waals surface area contributed by atoms with E-state index in [2.05, 4.69) is 11.0 Å². The van der Waals surface area contributed by atoms with E-state index in [0.29, 0.717) is 23.4 Å². The molecular weight excluding hydrogens is 364 g/mol. The minimum atomic E-state index is -0.375. The number of carbonyl (C=O) groups is 1. The number of primary amides is 1. The number of fused-ring (bicyclic) bond motifs is 2. The summed E-state index contributed by atoms with van der Waals surface area (Å²) in [6.45, 7) is 3.84. The van der Waals surface area contributed by atoms with Crippen molar-refractivity contribution in [2.24, 2.45) is 17.6 Å². The number of amides is 1. The monoisotopic (exact) mass is 394 g/mol. The Morgan fingerprint density at radius 3 is 2.56 bits per heavy atom. The van der Waals surface area contributed by atoms with Crippen LogP contribution in [0.25, 0.3) is 0 Å². The smallest absolute Gasteiger partial charge is 0.248 e. The number of benzene rings is 1. The highest BCUT2D eigenvalue weighted by molar-refractivity contribution is 5.92. The van der Waals surface area contributed by atoms with Crippen molar-refractivity contribution in [2.75, 3.05) is 33.4 Å². The molecule has 0 aromatic heterocycles. The number of likely N-dealkylation sites (tertiary alicyclic amines) is 1. The summed E-state index contributed by atoms with van der Waals surface area (Å²) >= 11 is 0. The molecule has 1 aromatic rings. The molecule has 1 aromatic carbocycles. The summed E-state index contributed by atoms with van der Waals surface area (Å²) in [5, 5.41) is 0. The number of ether oxygens (including phenoxy) is 2. The predicted octanol–water partition coefficient (Wildman–Crippen LogP) is 2.96. The topological polar surface area (TPSA) is 64.8 Å². The summed E-state index contributed by atoms with van der Waals surface area (Å²) in [4.78, 5) is 14.3. The van der Waals surface area contributed by atoms with Crippen LogP contribution in [0.3, 0.4) is 0 Å². The Bertz CT molecular complexity index is 649. The van der Waals surface area contributed by atoms with Crippen LogP contribution in [0.1, 0.15) is 48.0 Å². The van der Waals surface area contributed by atoms with E-state index in [1.807, 2.05) is 19.2 Å². The maximum absolute atomic E-state index is 11.7. The molecule has 0 unspecified atom stereocenters. The Kier molecular flexibility index (Phi) is 6.46. The van der Waals surface area contributed by atoms with E-state index in [4.69, 9.17) is 15.2 Å². The highest BCUT2D eigenvalue weighted by Crippen LogP contribution is 2.52. The molecule has 5 nitrogen and oxygen atoms in total. The Hall–Kier alpha value is -1.14. The zero-order valence-electron chi connectivity index (χ0n) is 16.1. The largest absolute Gasteiger partial charge is 0.380 e. The average molecular weight is 395 g/mol. The average Bonchev–Trinajstić information content (AvgIpc) is 2.67. The van der Waals surface area contributed by atoms with Crippen molar-refractivity contribution in [1.82, 2.24) is 4.90 Å². The van der Waals surface area contributed by atoms with E-state index in [1.165, 1.54) is 12.8 Å². The van der Waals surface area contributed by atoms with Gasteiger partial charge in [-0.3, -0.25) is 9.69 Å². The summed E-state index contributed by atoms with van der Waals surface area (Å²) in [6.07, 6.45) is 5.97. The quantitative estimate of drug-likeness (QED) is 0.852. The molecule has 150 valence electrons. The van der Waals surface area contributed by atoms with E-state index >= 15 is 0 Å². The summed E-state index contributed by atoms with van der Waals surface area (Å²) in [5.41, 5.74) is 6.91. The molecule has 27 heavy (non-hydrogen) atoms. The SMILES string of the molecule is CO[C@]1(c2cccc(C(N)=O)c2)[C@@H]2CCC[C@H]1CN([C@@H]1CCCOC1)C2.Cl. The van der Waals surface area contributed by atoms with Crippen LogP contribution < -0.4 is 5.73 Å². The Balaban J connectivity index is 0.00000210. The van der Waals surface area contributed by atoms with Gasteiger partial charge in [-0.05, 0) is 43.4 Å². The number of rotatable bonds is 4. The van der Waals surface area contributed by atoms with Gasteiger partial charge in [0.25, 0.3) is 0 Å². The van der Waals surface area contributed by atoms with Crippen LogP contribution in [0.15, 0.2) is 24.3 Å². The number of hydrogen-bond acceptors (Lipinski definition) is 4. The molecule has 1 saturated carbocycles. The van der Waals surface area contributed by atoms with Crippen LogP contribution >= 0.6 is 12.4 Å². The first kappa shape index (κ1) is 20.6. The lowest BCUT2D eigenvalue weighted by Crippen LogP contribution is -2.61. The molecule has 4 rings (SSSR count). The van der Waals surface area contributed by atoms with Crippen molar-refractivity contribution in [2.45, 2.75) is 43.7 Å². The maximum atomic E-state index is 11.7. The number of piperidine rings is 1. The second kappa shape index (κ2) is 8.48. The van der Waals surface area contributed by atoms with Gasteiger partial charge in [0.05, 0.1) is 6.61 Å². The molecule has 0 spiro atoms. The lowest BCUT2D eigenvalue weighted by atomic mass is 9.62. The van der Waals surface area contributed by atoms with E-state index in [0.717, 1.165) is 51.1 Å². The minimum absolute atomic E-state index is 0. The fourth-order valence-electron chi connectivity index (χ4n) is 5.62. The molecule has 0 radical (unpaired) electrons. The number of methoxy groups -OCH3 is 1. The van der Waals surface area contributed by atoms with Crippen molar-refractivity contribution in [3.8, 4) is 0 Å². The molecule has 2 N–H and O–H groups in total. The van der Waals surface area contributed by atoms with Gasteiger partial charge in [-0.15, -0.1) is 12.4 Å². The highest BCUT2D eigenvalue weighted by atomic mass is 35.5. The molecule has 1 aliphatic carbocycles. The van der Waals surface area contributed by atoms with Crippen LogP contribution in [-0.2, 0) is 15.1 Å². The van der Waals surface area contributed by atoms with Crippen molar-refractivity contribution < 1.29 is 14.3 Å². The van der Waals surface area contributed by atoms with Gasteiger partial charge in [0.1, 0.15) is 5.60 Å². The second-order valence-corrected chi connectivity index (χ2v) is 8.09. The molecule has 2 bridgehead atoms. The fraction of sp³-hybridized carbons (Fsp3) is 0.667. The standard InChI is InChI=1S/C21H30N2O3.ClH/c1-25-21(16-6-2-5-15(11-16)20(22)24)17-7-3-8-18(21)13-23(12-17)19-9-4-10-26-14-19;/h2,5-6,11,17-19H,3-4,7-10,12-14H2,1H3,(H2,22,24);1H/t17-,18+,19-,21-;/m1./s1. The summed E-state index contributed by atoms with van der Waals surface area (Å²) in [6, 6.07) is 8.34. The molecule has 3 fully saturated rings. The van der Waals surface area contributed by atoms with Gasteiger partial charge < -0.3 is 15.2 Å². The molecule has 6 heteroatoms. The molecule has 2 saturated heterocycles. The number of halogens is 1. The second-order valence-electron chi connectivity index (χ2n) is 8.09. The predicted molar refractivity (Wildman–Crippen MR) is 107 cm³/mol. The molecule has 1 amide bonds. The van der Waals surface area contributed by atoms with Crippen molar-refractivity contribution in [3.05, 3.63) is 35.4 Å². The minimum Gasteiger partial charge on any atom is -0.380 e. The van der Waals surface area contributed by atoms with Crippen LogP contribution in [0, 0.1) is 11.8 Å². The summed E-state index contributed by atoms with van der Waals surface area (Å²) in [5.74, 6) is 0.496. The molecule has 2 heterocycles. The third-order valence-electron chi connectivity index (χ3n) is 6.82. The number of hydrogen-bond donors (Lipinski definition) is 1. The molecule has 4 atom stereocenters. The van der Waals surface area contributed by atoms with Crippen LogP contribution in [-0.4, -0.2) is 50.3 Å². The Morgan fingerprint density at radius 2 is 1.96 bits per heavy atom. The van der Waals surface area contributed by atoms with Gasteiger partial charge in [0, 0.05) is 50.2 Å². The zero-order chi connectivity index (χ0) is 18.1. The molecule has 2 aliphatic heterocycles. The van der Waals surface area contributed by atoms with Gasteiger partial charge in [-0.25, -0.2) is 0 Å². The lowest BCUT2D eigenvalue weighted by molar-refractivity contribution is -0.179. The molecule has 3 aliphatic rings. The van der Waals surface area contributed by atoms with Crippen LogP contribution in [0.4, 0.5) is 0 Å². The number of carbonyl (C=O) groups excluding carboxylic acids is 1. The fourth-order valence-corrected chi connectivity index (χ4v) is 5.62. The van der Waals surface area contributed by atoms with Gasteiger partial charge in [-0.2, -0.15) is 0 Å². The highest BCUT2D eigenvalue weighted by Gasteiger charge is 2.54.